The van der Waals surface area contributed by atoms with Crippen molar-refractivity contribution in [1.29, 1.82) is 0 Å². The molecule has 0 fully saturated rings. The van der Waals surface area contributed by atoms with Crippen molar-refractivity contribution in [2.45, 2.75) is 0 Å². The maximum atomic E-state index is 4.06. The molecule has 6 heteroatoms. The molecular weight excluding hydrogens is 288 g/mol. The van der Waals surface area contributed by atoms with Crippen LogP contribution in [0.4, 0.5) is 0 Å². The van der Waals surface area contributed by atoms with Crippen molar-refractivity contribution in [3.8, 4) is 20.9 Å². The van der Waals surface area contributed by atoms with E-state index in [1.54, 1.807) is 35.3 Å². The second-order valence-corrected chi connectivity index (χ2v) is 6.37. The van der Waals surface area contributed by atoms with E-state index in [0.717, 1.165) is 11.1 Å². The predicted octanol–water partition coefficient (Wildman–Crippen LogP) is 3.88. The van der Waals surface area contributed by atoms with Gasteiger partial charge in [-0.15, -0.1) is 22.7 Å². The van der Waals surface area contributed by atoms with Crippen molar-refractivity contribution in [3.05, 3.63) is 49.6 Å². The monoisotopic (exact) mass is 296 g/mol. The van der Waals surface area contributed by atoms with E-state index in [4.69, 9.17) is 0 Å². The van der Waals surface area contributed by atoms with Crippen LogP contribution in [0.1, 0.15) is 0 Å². The zero-order valence-electron chi connectivity index (χ0n) is 10.2. The summed E-state index contributed by atoms with van der Waals surface area (Å²) in [5.41, 5.74) is 2.12. The fourth-order valence-electron chi connectivity index (χ4n) is 1.97. The Morgan fingerprint density at radius 2 is 1.00 bits per heavy atom. The SMILES string of the molecule is c1ncc(-c2cc3sc(-c4cncnc4)cc3s2)cn1. The zero-order chi connectivity index (χ0) is 13.4. The standard InChI is InChI=1S/C14H8N4S2/c1-11(9-3-15-7-16-4-9)19-14-2-12(20-13(1)14)10-5-17-8-18-6-10/h1-8H. The van der Waals surface area contributed by atoms with E-state index in [0.29, 0.717) is 0 Å². The van der Waals surface area contributed by atoms with E-state index in [-0.39, 0.29) is 0 Å². The molecule has 4 rings (SSSR count). The van der Waals surface area contributed by atoms with Gasteiger partial charge in [-0.3, -0.25) is 0 Å². The molecule has 4 nitrogen and oxygen atoms in total. The van der Waals surface area contributed by atoms with Crippen LogP contribution >= 0.6 is 22.7 Å². The van der Waals surface area contributed by atoms with Crippen LogP contribution in [-0.4, -0.2) is 19.9 Å². The van der Waals surface area contributed by atoms with E-state index >= 15 is 0 Å². The number of thiophene rings is 2. The van der Waals surface area contributed by atoms with E-state index in [1.807, 2.05) is 24.8 Å². The second-order valence-electron chi connectivity index (χ2n) is 4.20. The first kappa shape index (κ1) is 11.6. The molecule has 4 aromatic rings. The highest BCUT2D eigenvalue weighted by Crippen LogP contribution is 2.40. The molecule has 0 aliphatic rings. The second kappa shape index (κ2) is 4.73. The molecule has 0 unspecified atom stereocenters. The van der Waals surface area contributed by atoms with E-state index in [9.17, 15) is 0 Å². The minimum atomic E-state index is 1.06. The van der Waals surface area contributed by atoms with Crippen molar-refractivity contribution in [3.63, 3.8) is 0 Å². The highest BCUT2D eigenvalue weighted by Gasteiger charge is 2.10. The van der Waals surface area contributed by atoms with E-state index in [2.05, 4.69) is 32.1 Å². The molecule has 0 amide bonds. The molecule has 0 atom stereocenters. The molecule has 0 aliphatic carbocycles. The quantitative estimate of drug-likeness (QED) is 0.563. The Morgan fingerprint density at radius 3 is 1.40 bits per heavy atom. The summed E-state index contributed by atoms with van der Waals surface area (Å²) < 4.78 is 2.54. The molecule has 4 heterocycles. The van der Waals surface area contributed by atoms with Gasteiger partial charge in [0.25, 0.3) is 0 Å². The van der Waals surface area contributed by atoms with Gasteiger partial charge < -0.3 is 0 Å². The normalized spacial score (nSPS) is 11.0. The summed E-state index contributed by atoms with van der Waals surface area (Å²) in [5.74, 6) is 0. The number of aromatic nitrogens is 4. The predicted molar refractivity (Wildman–Crippen MR) is 81.8 cm³/mol. The third kappa shape index (κ3) is 1.99. The van der Waals surface area contributed by atoms with Gasteiger partial charge in [0, 0.05) is 55.1 Å². The Kier molecular flexibility index (Phi) is 2.75. The largest absolute Gasteiger partial charge is 0.244 e. The van der Waals surface area contributed by atoms with E-state index < -0.39 is 0 Å². The molecule has 0 spiro atoms. The fourth-order valence-corrected chi connectivity index (χ4v) is 4.32. The highest BCUT2D eigenvalue weighted by molar-refractivity contribution is 7.31. The van der Waals surface area contributed by atoms with E-state index in [1.165, 1.54) is 19.2 Å². The van der Waals surface area contributed by atoms with Crippen molar-refractivity contribution < 1.29 is 0 Å². The summed E-state index contributed by atoms with van der Waals surface area (Å²) >= 11 is 3.51. The van der Waals surface area contributed by atoms with Crippen LogP contribution in [0.5, 0.6) is 0 Å². The summed E-state index contributed by atoms with van der Waals surface area (Å²) in [6.45, 7) is 0. The molecule has 0 N–H and O–H groups in total. The minimum absolute atomic E-state index is 1.06. The van der Waals surface area contributed by atoms with Crippen molar-refractivity contribution in [1.82, 2.24) is 19.9 Å². The van der Waals surface area contributed by atoms with Crippen LogP contribution in [0.3, 0.4) is 0 Å². The third-order valence-corrected chi connectivity index (χ3v) is 5.29. The maximum Gasteiger partial charge on any atom is 0.115 e. The molecule has 0 saturated carbocycles. The molecule has 0 aliphatic heterocycles. The van der Waals surface area contributed by atoms with Gasteiger partial charge in [-0.2, -0.15) is 0 Å². The number of fused-ring (bicyclic) bond motifs is 1. The Labute approximate surface area is 122 Å². The Balaban J connectivity index is 1.78. The Morgan fingerprint density at radius 1 is 0.600 bits per heavy atom. The molecule has 4 aromatic heterocycles. The number of hydrogen-bond acceptors (Lipinski definition) is 6. The van der Waals surface area contributed by atoms with Crippen molar-refractivity contribution >= 4 is 32.1 Å². The lowest BCUT2D eigenvalue weighted by Crippen LogP contribution is -1.78. The molecule has 20 heavy (non-hydrogen) atoms. The van der Waals surface area contributed by atoms with Crippen LogP contribution in [0.2, 0.25) is 0 Å². The number of nitrogens with zero attached hydrogens (tertiary/aromatic N) is 4. The summed E-state index contributed by atoms with van der Waals surface area (Å²) in [6.07, 6.45) is 10.5. The first-order valence-corrected chi connectivity index (χ1v) is 7.57. The molecule has 0 bridgehead atoms. The van der Waals surface area contributed by atoms with Gasteiger partial charge in [0.05, 0.1) is 0 Å². The van der Waals surface area contributed by atoms with Crippen molar-refractivity contribution in [2.75, 3.05) is 0 Å². The molecule has 0 saturated heterocycles. The lowest BCUT2D eigenvalue weighted by molar-refractivity contribution is 1.17. The Bertz CT molecular complexity index is 752. The van der Waals surface area contributed by atoms with Crippen LogP contribution in [0.15, 0.2) is 49.6 Å². The molecule has 0 radical (unpaired) electrons. The lowest BCUT2D eigenvalue weighted by Gasteiger charge is -1.94. The van der Waals surface area contributed by atoms with Crippen LogP contribution in [0.25, 0.3) is 30.3 Å². The Hall–Kier alpha value is -2.18. The van der Waals surface area contributed by atoms with Gasteiger partial charge in [-0.05, 0) is 12.1 Å². The summed E-state index contributed by atoms with van der Waals surface area (Å²) in [6, 6.07) is 4.38. The average molecular weight is 296 g/mol. The number of rotatable bonds is 2. The van der Waals surface area contributed by atoms with Crippen LogP contribution < -0.4 is 0 Å². The van der Waals surface area contributed by atoms with Gasteiger partial charge in [0.1, 0.15) is 12.7 Å². The summed E-state index contributed by atoms with van der Waals surface area (Å²) in [4.78, 5) is 18.6. The topological polar surface area (TPSA) is 51.6 Å². The van der Waals surface area contributed by atoms with Gasteiger partial charge in [-0.1, -0.05) is 0 Å². The lowest BCUT2D eigenvalue weighted by atomic mass is 10.3. The zero-order valence-corrected chi connectivity index (χ0v) is 11.9. The maximum absolute atomic E-state index is 4.06. The van der Waals surface area contributed by atoms with Gasteiger partial charge in [-0.25, -0.2) is 19.9 Å². The smallest absolute Gasteiger partial charge is 0.115 e. The third-order valence-electron chi connectivity index (χ3n) is 2.90. The number of hydrogen-bond donors (Lipinski definition) is 0. The summed E-state index contributed by atoms with van der Waals surface area (Å²) in [5, 5.41) is 0. The first-order valence-electron chi connectivity index (χ1n) is 5.94. The van der Waals surface area contributed by atoms with Crippen LogP contribution in [-0.2, 0) is 0 Å². The highest BCUT2D eigenvalue weighted by atomic mass is 32.1. The van der Waals surface area contributed by atoms with Crippen LogP contribution in [0, 0.1) is 0 Å². The molecule has 0 aromatic carbocycles. The van der Waals surface area contributed by atoms with Gasteiger partial charge in [0.15, 0.2) is 0 Å². The van der Waals surface area contributed by atoms with Gasteiger partial charge in [0.2, 0.25) is 0 Å². The van der Waals surface area contributed by atoms with Gasteiger partial charge >= 0.3 is 0 Å². The minimum Gasteiger partial charge on any atom is -0.244 e. The average Bonchev–Trinajstić information content (AvgIpc) is 3.08. The summed E-state index contributed by atoms with van der Waals surface area (Å²) in [7, 11) is 0. The fraction of sp³-hybridized carbons (Fsp3) is 0. The molecule has 96 valence electrons. The van der Waals surface area contributed by atoms with Crippen molar-refractivity contribution in [2.24, 2.45) is 0 Å². The molecular formula is C14H8N4S2. The first-order chi connectivity index (χ1) is 9.90.